The molecule has 0 aliphatic heterocycles. The van der Waals surface area contributed by atoms with E-state index in [2.05, 4.69) is 132 Å². The molecule has 0 amide bonds. The molecule has 0 unspecified atom stereocenters. The Kier molecular flexibility index (Phi) is 5.08. The van der Waals surface area contributed by atoms with E-state index < -0.39 is 0 Å². The van der Waals surface area contributed by atoms with Crippen LogP contribution in [0.4, 0.5) is 0 Å². The minimum Gasteiger partial charge on any atom is -0.309 e. The molecule has 0 radical (unpaired) electrons. The molecule has 0 N–H and O–H groups in total. The molecule has 6 aromatic carbocycles. The molecular formula is C46H35NS. The lowest BCUT2D eigenvalue weighted by molar-refractivity contribution is -0.0399. The first-order valence-electron chi connectivity index (χ1n) is 17.9. The van der Waals surface area contributed by atoms with Gasteiger partial charge >= 0.3 is 0 Å². The Balaban J connectivity index is 1.13. The number of rotatable bonds is 2. The average molecular weight is 634 g/mol. The Hall–Kier alpha value is -4.66. The van der Waals surface area contributed by atoms with Gasteiger partial charge < -0.3 is 4.57 Å². The van der Waals surface area contributed by atoms with E-state index in [-0.39, 0.29) is 5.41 Å². The SMILES string of the molecule is c1ccc2c(c1)-c1ccc(-n3c4ccccc4c4cccc(-c5ccc6c(c5)sc5ccccc56)c43)cc1C21C2CC3CC(C2)CC1C3. The van der Waals surface area contributed by atoms with Gasteiger partial charge in [0, 0.05) is 47.6 Å². The molecule has 1 spiro atoms. The zero-order valence-electron chi connectivity index (χ0n) is 26.8. The third-order valence-corrected chi connectivity index (χ3v) is 14.3. The maximum absolute atomic E-state index is 2.65. The van der Waals surface area contributed by atoms with Gasteiger partial charge in [-0.2, -0.15) is 0 Å². The minimum absolute atomic E-state index is 0.156. The van der Waals surface area contributed by atoms with Gasteiger partial charge in [0.2, 0.25) is 0 Å². The number of aromatic nitrogens is 1. The second-order valence-corrected chi connectivity index (χ2v) is 16.4. The van der Waals surface area contributed by atoms with E-state index in [1.807, 2.05) is 11.3 Å². The van der Waals surface area contributed by atoms with Crippen LogP contribution in [-0.2, 0) is 5.41 Å². The molecular weight excluding hydrogens is 599 g/mol. The molecule has 1 nitrogen and oxygen atoms in total. The van der Waals surface area contributed by atoms with Crippen LogP contribution in [0, 0.1) is 23.7 Å². The summed E-state index contributed by atoms with van der Waals surface area (Å²) in [6.45, 7) is 0. The van der Waals surface area contributed by atoms with Crippen molar-refractivity contribution in [2.24, 2.45) is 23.7 Å². The van der Waals surface area contributed by atoms with Gasteiger partial charge in [-0.25, -0.2) is 0 Å². The first-order valence-corrected chi connectivity index (χ1v) is 18.8. The van der Waals surface area contributed by atoms with Gasteiger partial charge in [0.15, 0.2) is 0 Å². The normalized spacial score (nSPS) is 25.2. The summed E-state index contributed by atoms with van der Waals surface area (Å²) in [6.07, 6.45) is 7.11. The summed E-state index contributed by atoms with van der Waals surface area (Å²) in [5.74, 6) is 3.40. The number of hydrogen-bond donors (Lipinski definition) is 0. The Bertz CT molecular complexity index is 2620. The van der Waals surface area contributed by atoms with Gasteiger partial charge in [-0.05, 0) is 114 Å². The second kappa shape index (κ2) is 9.27. The van der Waals surface area contributed by atoms with Crippen LogP contribution < -0.4 is 0 Å². The monoisotopic (exact) mass is 633 g/mol. The molecule has 4 bridgehead atoms. The zero-order valence-corrected chi connectivity index (χ0v) is 27.6. The molecule has 0 atom stereocenters. The molecule has 4 saturated carbocycles. The summed E-state index contributed by atoms with van der Waals surface area (Å²) in [7, 11) is 0. The molecule has 4 fully saturated rings. The highest BCUT2D eigenvalue weighted by molar-refractivity contribution is 7.25. The highest BCUT2D eigenvalue weighted by Crippen LogP contribution is 2.69. The van der Waals surface area contributed by atoms with E-state index in [1.165, 1.54) is 102 Å². The number of benzene rings is 6. The van der Waals surface area contributed by atoms with Gasteiger partial charge in [-0.15, -0.1) is 11.3 Å². The number of para-hydroxylation sites is 2. The molecule has 8 aromatic rings. The Morgan fingerprint density at radius 1 is 0.500 bits per heavy atom. The lowest BCUT2D eigenvalue weighted by Gasteiger charge is -2.61. The van der Waals surface area contributed by atoms with E-state index in [0.717, 1.165) is 23.7 Å². The van der Waals surface area contributed by atoms with Gasteiger partial charge in [0.25, 0.3) is 0 Å². The van der Waals surface area contributed by atoms with E-state index in [1.54, 1.807) is 11.1 Å². The topological polar surface area (TPSA) is 4.93 Å². The predicted molar refractivity (Wildman–Crippen MR) is 202 cm³/mol. The van der Waals surface area contributed by atoms with Gasteiger partial charge in [0.05, 0.1) is 11.0 Å². The first kappa shape index (κ1) is 26.3. The molecule has 2 aromatic heterocycles. The summed E-state index contributed by atoms with van der Waals surface area (Å²) in [4.78, 5) is 0. The maximum Gasteiger partial charge on any atom is 0.0619 e. The summed E-state index contributed by atoms with van der Waals surface area (Å²) in [5.41, 5.74) is 12.9. The van der Waals surface area contributed by atoms with E-state index in [4.69, 9.17) is 0 Å². The minimum atomic E-state index is 0.156. The number of nitrogens with zero attached hydrogens (tertiary/aromatic N) is 1. The van der Waals surface area contributed by atoms with Crippen LogP contribution in [0.25, 0.3) is 69.9 Å². The number of fused-ring (bicyclic) bond motifs is 9. The molecule has 48 heavy (non-hydrogen) atoms. The molecule has 2 heterocycles. The van der Waals surface area contributed by atoms with Crippen LogP contribution in [-0.4, -0.2) is 4.57 Å². The van der Waals surface area contributed by atoms with Crippen LogP contribution in [0.3, 0.4) is 0 Å². The van der Waals surface area contributed by atoms with Crippen LogP contribution in [0.2, 0.25) is 0 Å². The highest BCUT2D eigenvalue weighted by Gasteiger charge is 2.61. The largest absolute Gasteiger partial charge is 0.309 e. The lowest BCUT2D eigenvalue weighted by Crippen LogP contribution is -2.55. The van der Waals surface area contributed by atoms with E-state index in [9.17, 15) is 0 Å². The summed E-state index contributed by atoms with van der Waals surface area (Å²) < 4.78 is 5.31. The summed E-state index contributed by atoms with van der Waals surface area (Å²) >= 11 is 1.91. The Morgan fingerprint density at radius 3 is 2.06 bits per heavy atom. The fraction of sp³-hybridized carbons (Fsp3) is 0.217. The molecule has 5 aliphatic carbocycles. The van der Waals surface area contributed by atoms with Crippen molar-refractivity contribution < 1.29 is 0 Å². The number of thiophene rings is 1. The van der Waals surface area contributed by atoms with Crippen molar-refractivity contribution in [3.8, 4) is 27.9 Å². The van der Waals surface area contributed by atoms with Crippen LogP contribution in [0.1, 0.15) is 43.2 Å². The van der Waals surface area contributed by atoms with Crippen molar-refractivity contribution in [3.05, 3.63) is 139 Å². The average Bonchev–Trinajstić information content (AvgIpc) is 3.76. The summed E-state index contributed by atoms with van der Waals surface area (Å²) in [5, 5.41) is 5.36. The highest BCUT2D eigenvalue weighted by atomic mass is 32.1. The van der Waals surface area contributed by atoms with Crippen molar-refractivity contribution in [2.45, 2.75) is 37.5 Å². The Labute approximate surface area is 284 Å². The van der Waals surface area contributed by atoms with Crippen molar-refractivity contribution in [2.75, 3.05) is 0 Å². The molecule has 230 valence electrons. The molecule has 0 saturated heterocycles. The second-order valence-electron chi connectivity index (χ2n) is 15.3. The van der Waals surface area contributed by atoms with Crippen LogP contribution in [0.5, 0.6) is 0 Å². The van der Waals surface area contributed by atoms with Crippen molar-refractivity contribution in [3.63, 3.8) is 0 Å². The zero-order chi connectivity index (χ0) is 31.1. The van der Waals surface area contributed by atoms with E-state index in [0.29, 0.717) is 0 Å². The lowest BCUT2D eigenvalue weighted by atomic mass is 9.43. The standard InChI is InChI=1S/C46H35NS/c1-4-13-40-34(8-1)35-19-17-32(26-41(35)46(40)30-21-27-20-28(23-30)24-31(46)22-27)47-42-14-5-2-9-36(42)39-12-7-11-33(45(39)47)29-16-18-38-37-10-3-6-15-43(37)48-44(38)25-29/h1-19,25-28,30-31H,20-24H2. The van der Waals surface area contributed by atoms with Crippen molar-refractivity contribution in [1.29, 1.82) is 0 Å². The maximum atomic E-state index is 2.65. The number of hydrogen-bond acceptors (Lipinski definition) is 1. The quantitative estimate of drug-likeness (QED) is 0.178. The predicted octanol–water partition coefficient (Wildman–Crippen LogP) is 12.5. The van der Waals surface area contributed by atoms with Crippen LogP contribution in [0.15, 0.2) is 127 Å². The van der Waals surface area contributed by atoms with Gasteiger partial charge in [-0.3, -0.25) is 0 Å². The summed E-state index contributed by atoms with van der Waals surface area (Å²) in [6, 6.07) is 49.0. The fourth-order valence-electron chi connectivity index (χ4n) is 11.7. The third-order valence-electron chi connectivity index (χ3n) is 13.2. The van der Waals surface area contributed by atoms with Crippen molar-refractivity contribution in [1.82, 2.24) is 4.57 Å². The smallest absolute Gasteiger partial charge is 0.0619 e. The molecule has 5 aliphatic rings. The van der Waals surface area contributed by atoms with Gasteiger partial charge in [-0.1, -0.05) is 97.1 Å². The first-order chi connectivity index (χ1) is 23.8. The molecule has 13 rings (SSSR count). The van der Waals surface area contributed by atoms with Crippen molar-refractivity contribution >= 4 is 53.3 Å². The Morgan fingerprint density at radius 2 is 1.19 bits per heavy atom. The molecule has 2 heteroatoms. The third kappa shape index (κ3) is 3.23. The van der Waals surface area contributed by atoms with Gasteiger partial charge in [0.1, 0.15) is 0 Å². The van der Waals surface area contributed by atoms with E-state index >= 15 is 0 Å². The fourth-order valence-corrected chi connectivity index (χ4v) is 12.8. The van der Waals surface area contributed by atoms with Crippen LogP contribution >= 0.6 is 11.3 Å².